The van der Waals surface area contributed by atoms with Gasteiger partial charge in [-0.15, -0.1) is 0 Å². The van der Waals surface area contributed by atoms with Gasteiger partial charge in [0.25, 0.3) is 0 Å². The predicted molar refractivity (Wildman–Crippen MR) is 97.2 cm³/mol. The molecule has 0 unspecified atom stereocenters. The van der Waals surface area contributed by atoms with E-state index in [2.05, 4.69) is 0 Å². The highest BCUT2D eigenvalue weighted by atomic mass is 16.3. The molecule has 2 aromatic heterocycles. The van der Waals surface area contributed by atoms with Gasteiger partial charge in [0.05, 0.1) is 0 Å². The molecule has 0 aliphatic carbocycles. The summed E-state index contributed by atoms with van der Waals surface area (Å²) < 4.78 is 11.7. The minimum Gasteiger partial charge on any atom is -0.457 e. The molecule has 2 nitrogen and oxygen atoms in total. The van der Waals surface area contributed by atoms with Crippen LogP contribution in [0, 0.1) is 0 Å². The van der Waals surface area contributed by atoms with E-state index in [1.54, 1.807) is 0 Å². The SMILES string of the molecule is C(=C/c1ccc(-c2ccccc2)o1)/c1ccc(-c2ccccc2)o1. The van der Waals surface area contributed by atoms with Gasteiger partial charge in [0.2, 0.25) is 0 Å². The second kappa shape index (κ2) is 6.47. The lowest BCUT2D eigenvalue weighted by Gasteiger charge is -1.95. The van der Waals surface area contributed by atoms with Gasteiger partial charge in [-0.2, -0.15) is 0 Å². The van der Waals surface area contributed by atoms with Crippen LogP contribution in [-0.4, -0.2) is 0 Å². The molecule has 4 rings (SSSR count). The Balaban J connectivity index is 1.52. The molecule has 0 saturated heterocycles. The van der Waals surface area contributed by atoms with Crippen LogP contribution in [0.1, 0.15) is 11.5 Å². The van der Waals surface area contributed by atoms with Crippen LogP contribution in [0.4, 0.5) is 0 Å². The van der Waals surface area contributed by atoms with Gasteiger partial charge in [0.1, 0.15) is 23.0 Å². The van der Waals surface area contributed by atoms with Crippen LogP contribution in [0.25, 0.3) is 34.8 Å². The van der Waals surface area contributed by atoms with E-state index in [0.717, 1.165) is 34.2 Å². The molecule has 0 aliphatic rings. The summed E-state index contributed by atoms with van der Waals surface area (Å²) in [5.41, 5.74) is 2.14. The topological polar surface area (TPSA) is 26.3 Å². The molecule has 0 spiro atoms. The smallest absolute Gasteiger partial charge is 0.134 e. The maximum Gasteiger partial charge on any atom is 0.134 e. The fourth-order valence-corrected chi connectivity index (χ4v) is 2.56. The van der Waals surface area contributed by atoms with Crippen LogP contribution >= 0.6 is 0 Å². The van der Waals surface area contributed by atoms with Gasteiger partial charge in [0.15, 0.2) is 0 Å². The molecule has 0 fully saturated rings. The van der Waals surface area contributed by atoms with Crippen molar-refractivity contribution in [2.45, 2.75) is 0 Å². The van der Waals surface area contributed by atoms with E-state index in [9.17, 15) is 0 Å². The molecule has 2 heterocycles. The van der Waals surface area contributed by atoms with Crippen molar-refractivity contribution in [1.82, 2.24) is 0 Å². The van der Waals surface area contributed by atoms with Crippen molar-refractivity contribution in [2.24, 2.45) is 0 Å². The number of hydrogen-bond acceptors (Lipinski definition) is 2. The zero-order valence-corrected chi connectivity index (χ0v) is 13.1. The third kappa shape index (κ3) is 3.08. The zero-order chi connectivity index (χ0) is 16.2. The summed E-state index contributed by atoms with van der Waals surface area (Å²) in [4.78, 5) is 0. The molecular weight excluding hydrogens is 296 g/mol. The molecule has 2 heteroatoms. The Hall–Kier alpha value is -3.26. The van der Waals surface area contributed by atoms with Gasteiger partial charge in [-0.1, -0.05) is 60.7 Å². The van der Waals surface area contributed by atoms with Gasteiger partial charge < -0.3 is 8.83 Å². The molecule has 2 aromatic carbocycles. The monoisotopic (exact) mass is 312 g/mol. The van der Waals surface area contributed by atoms with E-state index in [4.69, 9.17) is 8.83 Å². The third-order valence-electron chi connectivity index (χ3n) is 3.78. The Labute approximate surface area is 140 Å². The van der Waals surface area contributed by atoms with Crippen LogP contribution < -0.4 is 0 Å². The highest BCUT2D eigenvalue weighted by Crippen LogP contribution is 2.25. The summed E-state index contributed by atoms with van der Waals surface area (Å²) in [5.74, 6) is 3.32. The van der Waals surface area contributed by atoms with Crippen molar-refractivity contribution >= 4 is 12.2 Å². The summed E-state index contributed by atoms with van der Waals surface area (Å²) in [7, 11) is 0. The molecule has 0 atom stereocenters. The maximum absolute atomic E-state index is 5.85. The van der Waals surface area contributed by atoms with Crippen molar-refractivity contribution in [1.29, 1.82) is 0 Å². The highest BCUT2D eigenvalue weighted by molar-refractivity contribution is 5.69. The fraction of sp³-hybridized carbons (Fsp3) is 0. The maximum atomic E-state index is 5.85. The average Bonchev–Trinajstić information content (AvgIpc) is 3.31. The Morgan fingerprint density at radius 3 is 1.29 bits per heavy atom. The largest absolute Gasteiger partial charge is 0.457 e. The Kier molecular flexibility index (Phi) is 3.86. The zero-order valence-electron chi connectivity index (χ0n) is 13.1. The lowest BCUT2D eigenvalue weighted by atomic mass is 10.2. The third-order valence-corrected chi connectivity index (χ3v) is 3.78. The first-order valence-electron chi connectivity index (χ1n) is 7.87. The molecule has 0 amide bonds. The second-order valence-electron chi connectivity index (χ2n) is 5.47. The quantitative estimate of drug-likeness (QED) is 0.437. The first-order chi connectivity index (χ1) is 11.9. The van der Waals surface area contributed by atoms with E-state index >= 15 is 0 Å². The number of benzene rings is 2. The standard InChI is InChI=1S/C22H16O2/c1-3-7-17(8-4-1)21-15-13-19(23-21)11-12-20-14-16-22(24-20)18-9-5-2-6-10-18/h1-16H/b12-11-. The molecule has 0 radical (unpaired) electrons. The van der Waals surface area contributed by atoms with Crippen molar-refractivity contribution in [3.8, 4) is 22.6 Å². The Morgan fingerprint density at radius 2 is 0.875 bits per heavy atom. The number of hydrogen-bond donors (Lipinski definition) is 0. The molecule has 4 aromatic rings. The average molecular weight is 312 g/mol. The molecule has 24 heavy (non-hydrogen) atoms. The van der Waals surface area contributed by atoms with Crippen molar-refractivity contribution in [3.05, 3.63) is 96.4 Å². The summed E-state index contributed by atoms with van der Waals surface area (Å²) in [5, 5.41) is 0. The minimum absolute atomic E-state index is 0.798. The van der Waals surface area contributed by atoms with Crippen LogP contribution in [0.5, 0.6) is 0 Å². The van der Waals surface area contributed by atoms with Crippen molar-refractivity contribution < 1.29 is 8.83 Å². The van der Waals surface area contributed by atoms with Crippen LogP contribution in [0.2, 0.25) is 0 Å². The van der Waals surface area contributed by atoms with Gasteiger partial charge in [-0.05, 0) is 36.4 Å². The van der Waals surface area contributed by atoms with Crippen molar-refractivity contribution in [3.63, 3.8) is 0 Å². The predicted octanol–water partition coefficient (Wildman–Crippen LogP) is 6.38. The van der Waals surface area contributed by atoms with Gasteiger partial charge in [-0.25, -0.2) is 0 Å². The Bertz CT molecular complexity index is 864. The number of rotatable bonds is 4. The highest BCUT2D eigenvalue weighted by Gasteiger charge is 2.04. The van der Waals surface area contributed by atoms with Gasteiger partial charge >= 0.3 is 0 Å². The normalized spacial score (nSPS) is 11.2. The fourth-order valence-electron chi connectivity index (χ4n) is 2.56. The summed E-state index contributed by atoms with van der Waals surface area (Å²) in [6.07, 6.45) is 3.83. The lowest BCUT2D eigenvalue weighted by molar-refractivity contribution is 0.567. The first kappa shape index (κ1) is 14.3. The van der Waals surface area contributed by atoms with Gasteiger partial charge in [0, 0.05) is 11.1 Å². The first-order valence-corrected chi connectivity index (χ1v) is 7.87. The molecule has 0 N–H and O–H groups in total. The molecular formula is C22H16O2. The van der Waals surface area contributed by atoms with E-state index in [1.165, 1.54) is 0 Å². The van der Waals surface area contributed by atoms with Crippen LogP contribution in [0.3, 0.4) is 0 Å². The van der Waals surface area contributed by atoms with E-state index < -0.39 is 0 Å². The summed E-state index contributed by atoms with van der Waals surface area (Å²) >= 11 is 0. The van der Waals surface area contributed by atoms with Crippen LogP contribution in [0.15, 0.2) is 93.8 Å². The van der Waals surface area contributed by atoms with E-state index in [1.807, 2.05) is 97.1 Å². The van der Waals surface area contributed by atoms with E-state index in [0.29, 0.717) is 0 Å². The number of furan rings is 2. The lowest BCUT2D eigenvalue weighted by Crippen LogP contribution is -1.70. The summed E-state index contributed by atoms with van der Waals surface area (Å²) in [6.45, 7) is 0. The summed E-state index contributed by atoms with van der Waals surface area (Å²) in [6, 6.07) is 28.0. The van der Waals surface area contributed by atoms with Crippen LogP contribution in [-0.2, 0) is 0 Å². The molecule has 0 bridgehead atoms. The Morgan fingerprint density at radius 1 is 0.458 bits per heavy atom. The second-order valence-corrected chi connectivity index (χ2v) is 5.47. The van der Waals surface area contributed by atoms with E-state index in [-0.39, 0.29) is 0 Å². The minimum atomic E-state index is 0.798. The molecule has 0 aliphatic heterocycles. The van der Waals surface area contributed by atoms with Gasteiger partial charge in [-0.3, -0.25) is 0 Å². The van der Waals surface area contributed by atoms with Crippen molar-refractivity contribution in [2.75, 3.05) is 0 Å². The molecule has 116 valence electrons. The molecule has 0 saturated carbocycles.